The summed E-state index contributed by atoms with van der Waals surface area (Å²) in [6, 6.07) is 7.37. The maximum Gasteiger partial charge on any atom is 0.416 e. The van der Waals surface area contributed by atoms with Gasteiger partial charge < -0.3 is 5.32 Å². The molecule has 20 heavy (non-hydrogen) atoms. The van der Waals surface area contributed by atoms with Gasteiger partial charge in [0.2, 0.25) is 0 Å². The zero-order valence-corrected chi connectivity index (χ0v) is 12.2. The van der Waals surface area contributed by atoms with Gasteiger partial charge in [0, 0.05) is 17.2 Å². The number of hydrogen-bond donors (Lipinski definition) is 1. The lowest BCUT2D eigenvalue weighted by molar-refractivity contribution is -0.138. The van der Waals surface area contributed by atoms with E-state index in [1.54, 1.807) is 12.3 Å². The van der Waals surface area contributed by atoms with E-state index in [9.17, 15) is 13.2 Å². The molecule has 0 radical (unpaired) electrons. The van der Waals surface area contributed by atoms with E-state index < -0.39 is 11.7 Å². The van der Waals surface area contributed by atoms with Crippen molar-refractivity contribution < 1.29 is 13.2 Å². The van der Waals surface area contributed by atoms with Gasteiger partial charge >= 0.3 is 6.18 Å². The van der Waals surface area contributed by atoms with E-state index in [0.717, 1.165) is 16.1 Å². The van der Waals surface area contributed by atoms with Gasteiger partial charge in [-0.15, -0.1) is 0 Å². The lowest BCUT2D eigenvalue weighted by Crippen LogP contribution is -2.12. The van der Waals surface area contributed by atoms with Crippen LogP contribution in [0.25, 0.3) is 0 Å². The summed E-state index contributed by atoms with van der Waals surface area (Å²) in [5, 5.41) is 2.94. The number of hydrogen-bond acceptors (Lipinski definition) is 2. The Hall–Kier alpha value is -1.56. The number of pyridine rings is 1. The van der Waals surface area contributed by atoms with E-state index in [2.05, 4.69) is 26.2 Å². The molecule has 0 unspecified atom stereocenters. The number of rotatable bonds is 3. The predicted octanol–water partition coefficient (Wildman–Crippen LogP) is 4.78. The molecule has 1 aromatic carbocycles. The van der Waals surface area contributed by atoms with Crippen LogP contribution in [0.5, 0.6) is 0 Å². The first-order valence-electron chi connectivity index (χ1n) is 5.89. The fourth-order valence-electron chi connectivity index (χ4n) is 1.86. The molecular formula is C14H12BrF3N2. The highest BCUT2D eigenvalue weighted by Gasteiger charge is 2.32. The van der Waals surface area contributed by atoms with E-state index in [-0.39, 0.29) is 12.1 Å². The fraction of sp³-hybridized carbons (Fsp3) is 0.214. The maximum atomic E-state index is 12.9. The number of halogens is 4. The van der Waals surface area contributed by atoms with Crippen LogP contribution in [0.1, 0.15) is 16.7 Å². The number of aromatic nitrogens is 1. The van der Waals surface area contributed by atoms with Gasteiger partial charge in [0.25, 0.3) is 0 Å². The van der Waals surface area contributed by atoms with Crippen LogP contribution in [0, 0.1) is 6.92 Å². The summed E-state index contributed by atoms with van der Waals surface area (Å²) in [5.41, 5.74) is 0.440. The quantitative estimate of drug-likeness (QED) is 0.866. The van der Waals surface area contributed by atoms with Crippen molar-refractivity contribution >= 4 is 21.7 Å². The van der Waals surface area contributed by atoms with E-state index >= 15 is 0 Å². The number of alkyl halides is 3. The van der Waals surface area contributed by atoms with Gasteiger partial charge in [-0.1, -0.05) is 18.2 Å². The molecule has 0 amide bonds. The number of nitrogens with zero attached hydrogens (tertiary/aromatic N) is 1. The number of anilines is 1. The SMILES string of the molecule is Cc1cc(Br)cnc1NCc1ccccc1C(F)(F)F. The normalized spacial score (nSPS) is 11.4. The molecule has 2 nitrogen and oxygen atoms in total. The summed E-state index contributed by atoms with van der Waals surface area (Å²) in [6.45, 7) is 1.92. The summed E-state index contributed by atoms with van der Waals surface area (Å²) in [7, 11) is 0. The molecule has 106 valence electrons. The Morgan fingerprint density at radius 2 is 1.95 bits per heavy atom. The first kappa shape index (κ1) is 14.8. The Labute approximate surface area is 123 Å². The molecule has 0 bridgehead atoms. The van der Waals surface area contributed by atoms with Crippen molar-refractivity contribution in [1.82, 2.24) is 4.98 Å². The third-order valence-corrected chi connectivity index (χ3v) is 3.25. The minimum atomic E-state index is -4.35. The molecule has 6 heteroatoms. The Morgan fingerprint density at radius 3 is 2.60 bits per heavy atom. The van der Waals surface area contributed by atoms with Crippen LogP contribution in [0.3, 0.4) is 0 Å². The number of nitrogens with one attached hydrogen (secondary N) is 1. The minimum absolute atomic E-state index is 0.0746. The molecule has 1 aromatic heterocycles. The van der Waals surface area contributed by atoms with Crippen molar-refractivity contribution in [2.45, 2.75) is 19.6 Å². The second kappa shape index (κ2) is 5.83. The highest BCUT2D eigenvalue weighted by atomic mass is 79.9. The smallest absolute Gasteiger partial charge is 0.366 e. The highest BCUT2D eigenvalue weighted by Crippen LogP contribution is 2.32. The van der Waals surface area contributed by atoms with Crippen molar-refractivity contribution in [3.8, 4) is 0 Å². The van der Waals surface area contributed by atoms with E-state index in [1.807, 2.05) is 13.0 Å². The summed E-state index contributed by atoms with van der Waals surface area (Å²) < 4.78 is 39.4. The molecule has 0 aliphatic carbocycles. The van der Waals surface area contributed by atoms with Gasteiger partial charge in [-0.2, -0.15) is 13.2 Å². The summed E-state index contributed by atoms with van der Waals surface area (Å²) >= 11 is 3.29. The largest absolute Gasteiger partial charge is 0.416 e. The van der Waals surface area contributed by atoms with Crippen LogP contribution in [0.4, 0.5) is 19.0 Å². The molecule has 0 aliphatic heterocycles. The Morgan fingerprint density at radius 1 is 1.25 bits per heavy atom. The Balaban J connectivity index is 2.19. The molecular weight excluding hydrogens is 333 g/mol. The van der Waals surface area contributed by atoms with Gasteiger partial charge in [-0.05, 0) is 46.1 Å². The minimum Gasteiger partial charge on any atom is -0.366 e. The van der Waals surface area contributed by atoms with Crippen molar-refractivity contribution in [2.75, 3.05) is 5.32 Å². The molecule has 2 rings (SSSR count). The average Bonchev–Trinajstić information content (AvgIpc) is 2.37. The molecule has 0 aliphatic rings. The third kappa shape index (κ3) is 3.50. The van der Waals surface area contributed by atoms with Crippen molar-refractivity contribution in [1.29, 1.82) is 0 Å². The maximum absolute atomic E-state index is 12.9. The lowest BCUT2D eigenvalue weighted by Gasteiger charge is -2.14. The van der Waals surface area contributed by atoms with Crippen molar-refractivity contribution in [2.24, 2.45) is 0 Å². The summed E-state index contributed by atoms with van der Waals surface area (Å²) in [5.74, 6) is 0.574. The second-order valence-corrected chi connectivity index (χ2v) is 5.24. The predicted molar refractivity (Wildman–Crippen MR) is 75.4 cm³/mol. The first-order valence-corrected chi connectivity index (χ1v) is 6.68. The van der Waals surface area contributed by atoms with Gasteiger partial charge in [-0.3, -0.25) is 0 Å². The topological polar surface area (TPSA) is 24.9 Å². The van der Waals surface area contributed by atoms with Crippen LogP contribution in [0.15, 0.2) is 41.0 Å². The van der Waals surface area contributed by atoms with Gasteiger partial charge in [0.15, 0.2) is 0 Å². The van der Waals surface area contributed by atoms with E-state index in [1.165, 1.54) is 12.1 Å². The molecule has 1 heterocycles. The lowest BCUT2D eigenvalue weighted by atomic mass is 10.1. The van der Waals surface area contributed by atoms with Crippen molar-refractivity contribution in [3.63, 3.8) is 0 Å². The molecule has 2 aromatic rings. The molecule has 0 spiro atoms. The Kier molecular flexibility index (Phi) is 4.32. The molecule has 0 fully saturated rings. The summed E-state index contributed by atoms with van der Waals surface area (Å²) in [6.07, 6.45) is -2.74. The van der Waals surface area contributed by atoms with Crippen molar-refractivity contribution in [3.05, 3.63) is 57.7 Å². The van der Waals surface area contributed by atoms with Crippen LogP contribution in [-0.4, -0.2) is 4.98 Å². The van der Waals surface area contributed by atoms with E-state index in [0.29, 0.717) is 5.82 Å². The molecule has 1 N–H and O–H groups in total. The van der Waals surface area contributed by atoms with Gasteiger partial charge in [0.05, 0.1) is 5.56 Å². The standard InChI is InChI=1S/C14H12BrF3N2/c1-9-6-11(15)8-20-13(9)19-7-10-4-2-3-5-12(10)14(16,17)18/h2-6,8H,7H2,1H3,(H,19,20). The van der Waals surface area contributed by atoms with Crippen LogP contribution in [0.2, 0.25) is 0 Å². The Bertz CT molecular complexity index is 612. The monoisotopic (exact) mass is 344 g/mol. The molecule has 0 atom stereocenters. The van der Waals surface area contributed by atoms with Crippen LogP contribution < -0.4 is 5.32 Å². The molecule has 0 saturated carbocycles. The summed E-state index contributed by atoms with van der Waals surface area (Å²) in [4.78, 5) is 4.15. The van der Waals surface area contributed by atoms with Gasteiger partial charge in [-0.25, -0.2) is 4.98 Å². The zero-order valence-electron chi connectivity index (χ0n) is 10.6. The second-order valence-electron chi connectivity index (χ2n) is 4.33. The van der Waals surface area contributed by atoms with Crippen LogP contribution in [-0.2, 0) is 12.7 Å². The average molecular weight is 345 g/mol. The zero-order chi connectivity index (χ0) is 14.8. The highest BCUT2D eigenvalue weighted by molar-refractivity contribution is 9.10. The first-order chi connectivity index (χ1) is 9.38. The molecule has 0 saturated heterocycles. The third-order valence-electron chi connectivity index (χ3n) is 2.81. The van der Waals surface area contributed by atoms with Gasteiger partial charge in [0.1, 0.15) is 5.82 Å². The fourth-order valence-corrected chi connectivity index (χ4v) is 2.30. The number of benzene rings is 1. The van der Waals surface area contributed by atoms with E-state index in [4.69, 9.17) is 0 Å². The van der Waals surface area contributed by atoms with Crippen LogP contribution >= 0.6 is 15.9 Å². The number of aryl methyl sites for hydroxylation is 1.